The fourth-order valence-electron chi connectivity index (χ4n) is 3.81. The van der Waals surface area contributed by atoms with Crippen molar-refractivity contribution < 1.29 is 17.9 Å². The number of fused-ring (bicyclic) bond motifs is 1. The largest absolute Gasteiger partial charge is 0.466 e. The highest BCUT2D eigenvalue weighted by Crippen LogP contribution is 2.31. The van der Waals surface area contributed by atoms with Crippen molar-refractivity contribution in [3.05, 3.63) is 47.3 Å². The molecular formula is C21H29N3O4S. The van der Waals surface area contributed by atoms with Gasteiger partial charge < -0.3 is 10.1 Å². The van der Waals surface area contributed by atoms with Gasteiger partial charge in [0.15, 0.2) is 9.84 Å². The molecule has 2 N–H and O–H groups in total. The molecule has 8 heteroatoms. The number of hydrogen-bond acceptors (Lipinski definition) is 6. The van der Waals surface area contributed by atoms with Gasteiger partial charge in [-0.2, -0.15) is 5.10 Å². The first-order valence-electron chi connectivity index (χ1n) is 10.1. The molecule has 2 aromatic rings. The molecule has 0 aliphatic carbocycles. The zero-order valence-corrected chi connectivity index (χ0v) is 18.0. The Morgan fingerprint density at radius 1 is 1.28 bits per heavy atom. The van der Waals surface area contributed by atoms with E-state index in [1.807, 2.05) is 6.92 Å². The van der Waals surface area contributed by atoms with Crippen molar-refractivity contribution in [3.63, 3.8) is 0 Å². The number of benzene rings is 1. The SMILES string of the molecule is CCOC(=O)C(CC1NC(CC)Cc2[nH]ncc21)CS(=O)(=O)c1ccc(C)cc1. The first-order valence-corrected chi connectivity index (χ1v) is 11.7. The molecule has 3 unspecified atom stereocenters. The predicted octanol–water partition coefficient (Wildman–Crippen LogP) is 2.73. The van der Waals surface area contributed by atoms with Gasteiger partial charge in [0.2, 0.25) is 0 Å². The van der Waals surface area contributed by atoms with E-state index in [4.69, 9.17) is 4.74 Å². The highest BCUT2D eigenvalue weighted by atomic mass is 32.2. The minimum atomic E-state index is -3.63. The number of esters is 1. The van der Waals surface area contributed by atoms with Crippen LogP contribution in [0.5, 0.6) is 0 Å². The maximum absolute atomic E-state index is 13.0. The van der Waals surface area contributed by atoms with Crippen LogP contribution >= 0.6 is 0 Å². The van der Waals surface area contributed by atoms with E-state index < -0.39 is 21.7 Å². The molecule has 1 aliphatic heterocycles. The minimum absolute atomic E-state index is 0.148. The Morgan fingerprint density at radius 3 is 2.66 bits per heavy atom. The maximum Gasteiger partial charge on any atom is 0.310 e. The summed E-state index contributed by atoms with van der Waals surface area (Å²) in [6, 6.07) is 6.81. The average molecular weight is 420 g/mol. The Hall–Kier alpha value is -2.19. The van der Waals surface area contributed by atoms with Crippen LogP contribution in [0.15, 0.2) is 35.4 Å². The molecule has 0 radical (unpaired) electrons. The van der Waals surface area contributed by atoms with E-state index in [9.17, 15) is 13.2 Å². The van der Waals surface area contributed by atoms with Crippen LogP contribution in [0.25, 0.3) is 0 Å². The molecule has 1 aliphatic rings. The number of carbonyl (C=O) groups is 1. The number of hydrogen-bond donors (Lipinski definition) is 2. The van der Waals surface area contributed by atoms with E-state index >= 15 is 0 Å². The summed E-state index contributed by atoms with van der Waals surface area (Å²) >= 11 is 0. The number of rotatable bonds is 8. The lowest BCUT2D eigenvalue weighted by Crippen LogP contribution is -2.41. The van der Waals surface area contributed by atoms with Crippen LogP contribution in [0.1, 0.15) is 49.6 Å². The number of aryl methyl sites for hydroxylation is 1. The van der Waals surface area contributed by atoms with Gasteiger partial charge in [0.25, 0.3) is 0 Å². The Morgan fingerprint density at radius 2 is 2.00 bits per heavy atom. The van der Waals surface area contributed by atoms with Crippen molar-refractivity contribution in [1.29, 1.82) is 0 Å². The average Bonchev–Trinajstić information content (AvgIpc) is 3.16. The van der Waals surface area contributed by atoms with Gasteiger partial charge in [-0.25, -0.2) is 8.42 Å². The van der Waals surface area contributed by atoms with Crippen LogP contribution in [-0.4, -0.2) is 43.0 Å². The van der Waals surface area contributed by atoms with Crippen LogP contribution in [0.4, 0.5) is 0 Å². The molecule has 7 nitrogen and oxygen atoms in total. The Balaban J connectivity index is 1.85. The van der Waals surface area contributed by atoms with Crippen LogP contribution in [0.2, 0.25) is 0 Å². The molecular weight excluding hydrogens is 390 g/mol. The summed E-state index contributed by atoms with van der Waals surface area (Å²) in [7, 11) is -3.63. The lowest BCUT2D eigenvalue weighted by molar-refractivity contribution is -0.147. The van der Waals surface area contributed by atoms with Gasteiger partial charge in [-0.1, -0.05) is 24.6 Å². The number of nitrogens with one attached hydrogen (secondary N) is 2. The van der Waals surface area contributed by atoms with Crippen molar-refractivity contribution in [3.8, 4) is 0 Å². The molecule has 1 aromatic heterocycles. The third-order valence-electron chi connectivity index (χ3n) is 5.45. The second-order valence-electron chi connectivity index (χ2n) is 7.61. The van der Waals surface area contributed by atoms with Gasteiger partial charge in [0.1, 0.15) is 0 Å². The van der Waals surface area contributed by atoms with Gasteiger partial charge in [-0.3, -0.25) is 9.89 Å². The van der Waals surface area contributed by atoms with Gasteiger partial charge in [0, 0.05) is 29.8 Å². The van der Waals surface area contributed by atoms with E-state index in [2.05, 4.69) is 22.4 Å². The fourth-order valence-corrected chi connectivity index (χ4v) is 5.35. The molecule has 0 bridgehead atoms. The van der Waals surface area contributed by atoms with Gasteiger partial charge in [0.05, 0.1) is 29.4 Å². The highest BCUT2D eigenvalue weighted by molar-refractivity contribution is 7.91. The quantitative estimate of drug-likeness (QED) is 0.638. The fraction of sp³-hybridized carbons (Fsp3) is 0.524. The Labute approximate surface area is 172 Å². The third kappa shape index (κ3) is 5.05. The second-order valence-corrected chi connectivity index (χ2v) is 9.65. The number of aromatic amines is 1. The molecule has 0 spiro atoms. The smallest absolute Gasteiger partial charge is 0.310 e. The van der Waals surface area contributed by atoms with Gasteiger partial charge in [-0.15, -0.1) is 0 Å². The third-order valence-corrected chi connectivity index (χ3v) is 7.28. The zero-order valence-electron chi connectivity index (χ0n) is 17.1. The summed E-state index contributed by atoms with van der Waals surface area (Å²) in [6.45, 7) is 5.94. The monoisotopic (exact) mass is 419 g/mol. The van der Waals surface area contributed by atoms with Crippen molar-refractivity contribution in [2.75, 3.05) is 12.4 Å². The van der Waals surface area contributed by atoms with Crippen molar-refractivity contribution in [2.45, 2.75) is 57.0 Å². The first-order chi connectivity index (χ1) is 13.8. The number of carbonyl (C=O) groups excluding carboxylic acids is 1. The number of nitrogens with zero attached hydrogens (tertiary/aromatic N) is 1. The number of ether oxygens (including phenoxy) is 1. The Kier molecular flexibility index (Phi) is 6.74. The summed E-state index contributed by atoms with van der Waals surface area (Å²) in [4.78, 5) is 12.9. The molecule has 158 valence electrons. The highest BCUT2D eigenvalue weighted by Gasteiger charge is 2.34. The van der Waals surface area contributed by atoms with Crippen molar-refractivity contribution in [1.82, 2.24) is 15.5 Å². The molecule has 29 heavy (non-hydrogen) atoms. The molecule has 2 heterocycles. The number of aromatic nitrogens is 2. The standard InChI is InChI=1S/C21H29N3O4S/c1-4-16-11-20-18(12-22-24-20)19(23-16)10-15(21(25)28-5-2)13-29(26,27)17-8-6-14(3)7-9-17/h6-9,12,15-16,19,23H,4-5,10-11,13H2,1-3H3,(H,22,24). The molecule has 0 saturated carbocycles. The number of sulfone groups is 1. The zero-order chi connectivity index (χ0) is 21.0. The lowest BCUT2D eigenvalue weighted by atomic mass is 9.89. The van der Waals surface area contributed by atoms with Crippen molar-refractivity contribution >= 4 is 15.8 Å². The van der Waals surface area contributed by atoms with E-state index in [0.29, 0.717) is 6.42 Å². The summed E-state index contributed by atoms with van der Waals surface area (Å²) in [5.74, 6) is -1.53. The second kappa shape index (κ2) is 9.09. The van der Waals surface area contributed by atoms with Crippen LogP contribution < -0.4 is 5.32 Å². The minimum Gasteiger partial charge on any atom is -0.466 e. The maximum atomic E-state index is 13.0. The first kappa shape index (κ1) is 21.5. The van der Waals surface area contributed by atoms with Crippen LogP contribution in [0, 0.1) is 12.8 Å². The Bertz CT molecular complexity index is 937. The summed E-state index contributed by atoms with van der Waals surface area (Å²) in [5, 5.41) is 10.7. The van der Waals surface area contributed by atoms with E-state index in [1.165, 1.54) is 0 Å². The normalized spacial score (nSPS) is 20.1. The van der Waals surface area contributed by atoms with Gasteiger partial charge >= 0.3 is 5.97 Å². The van der Waals surface area contributed by atoms with Gasteiger partial charge in [-0.05, 0) is 38.8 Å². The summed E-state index contributed by atoms with van der Waals surface area (Å²) < 4.78 is 31.2. The van der Waals surface area contributed by atoms with Crippen LogP contribution in [0.3, 0.4) is 0 Å². The predicted molar refractivity (Wildman–Crippen MR) is 110 cm³/mol. The molecule has 3 rings (SSSR count). The molecule has 1 aromatic carbocycles. The summed E-state index contributed by atoms with van der Waals surface area (Å²) in [5.41, 5.74) is 3.02. The van der Waals surface area contributed by atoms with E-state index in [-0.39, 0.29) is 29.3 Å². The van der Waals surface area contributed by atoms with E-state index in [1.54, 1.807) is 37.4 Å². The van der Waals surface area contributed by atoms with E-state index in [0.717, 1.165) is 29.7 Å². The van der Waals surface area contributed by atoms with Crippen molar-refractivity contribution in [2.24, 2.45) is 5.92 Å². The molecule has 0 amide bonds. The van der Waals surface area contributed by atoms with Crippen LogP contribution in [-0.2, 0) is 25.8 Å². The summed E-state index contributed by atoms with van der Waals surface area (Å²) in [6.07, 6.45) is 3.87. The molecule has 0 saturated heterocycles. The molecule has 0 fully saturated rings. The molecule has 3 atom stereocenters. The number of H-pyrrole nitrogens is 1. The lowest BCUT2D eigenvalue weighted by Gasteiger charge is -2.32. The topological polar surface area (TPSA) is 101 Å².